The van der Waals surface area contributed by atoms with Gasteiger partial charge in [0.05, 0.1) is 0 Å². The summed E-state index contributed by atoms with van der Waals surface area (Å²) in [6.07, 6.45) is 0. The molecule has 2 aromatic carbocycles. The number of carbonyl (C=O) groups excluding carboxylic acids is 2. The molecule has 1 fully saturated rings. The van der Waals surface area contributed by atoms with Crippen LogP contribution in [-0.2, 0) is 4.79 Å². The minimum atomic E-state index is -0.240. The number of nitrogens with one attached hydrogen (secondary N) is 1. The molecular formula is C21H25N3O3. The smallest absolute Gasteiger partial charge is 0.262 e. The second-order valence-corrected chi connectivity index (χ2v) is 6.76. The first kappa shape index (κ1) is 18.9. The lowest BCUT2D eigenvalue weighted by atomic mass is 10.1. The number of hydrogen-bond donors (Lipinski definition) is 1. The molecule has 0 unspecified atom stereocenters. The number of rotatable bonds is 6. The highest BCUT2D eigenvalue weighted by atomic mass is 16.5. The summed E-state index contributed by atoms with van der Waals surface area (Å²) >= 11 is 0. The van der Waals surface area contributed by atoms with Crippen LogP contribution in [-0.4, -0.2) is 56.4 Å². The number of nitrogens with zero attached hydrogens (tertiary/aromatic N) is 2. The van der Waals surface area contributed by atoms with Crippen molar-refractivity contribution in [3.63, 3.8) is 0 Å². The molecule has 6 heteroatoms. The predicted octanol–water partition coefficient (Wildman–Crippen LogP) is 2.66. The summed E-state index contributed by atoms with van der Waals surface area (Å²) in [4.78, 5) is 28.2. The van der Waals surface area contributed by atoms with Crippen LogP contribution in [0.3, 0.4) is 0 Å². The van der Waals surface area contributed by atoms with Crippen molar-refractivity contribution in [3.8, 4) is 5.75 Å². The zero-order chi connectivity index (χ0) is 19.2. The Kier molecular flexibility index (Phi) is 6.08. The molecule has 0 spiro atoms. The van der Waals surface area contributed by atoms with Crippen LogP contribution in [0.4, 0.5) is 11.4 Å². The second kappa shape index (κ2) is 8.68. The Bertz CT molecular complexity index is 797. The van der Waals surface area contributed by atoms with Crippen LogP contribution in [0.15, 0.2) is 48.5 Å². The molecule has 1 aliphatic heterocycles. The molecule has 142 valence electrons. The topological polar surface area (TPSA) is 61.9 Å². The molecule has 1 N–H and O–H groups in total. The zero-order valence-corrected chi connectivity index (χ0v) is 15.8. The summed E-state index contributed by atoms with van der Waals surface area (Å²) in [6, 6.07) is 14.7. The molecule has 0 bridgehead atoms. The average Bonchev–Trinajstić information content (AvgIpc) is 2.68. The van der Waals surface area contributed by atoms with Crippen LogP contribution in [0.2, 0.25) is 0 Å². The first-order valence-corrected chi connectivity index (χ1v) is 9.08. The van der Waals surface area contributed by atoms with E-state index in [1.54, 1.807) is 24.3 Å². The number of piperazine rings is 1. The van der Waals surface area contributed by atoms with Gasteiger partial charge in [0.25, 0.3) is 5.91 Å². The first-order valence-electron chi connectivity index (χ1n) is 9.08. The zero-order valence-electron chi connectivity index (χ0n) is 15.8. The lowest BCUT2D eigenvalue weighted by Gasteiger charge is -2.34. The normalized spacial score (nSPS) is 14.7. The van der Waals surface area contributed by atoms with E-state index < -0.39 is 0 Å². The van der Waals surface area contributed by atoms with Gasteiger partial charge >= 0.3 is 0 Å². The molecule has 0 atom stereocenters. The number of hydrogen-bond acceptors (Lipinski definition) is 5. The van der Waals surface area contributed by atoms with Gasteiger partial charge in [-0.2, -0.15) is 0 Å². The van der Waals surface area contributed by atoms with Gasteiger partial charge in [-0.15, -0.1) is 0 Å². The molecule has 0 saturated carbocycles. The van der Waals surface area contributed by atoms with Crippen molar-refractivity contribution in [2.45, 2.75) is 6.92 Å². The van der Waals surface area contributed by atoms with Crippen molar-refractivity contribution < 1.29 is 14.3 Å². The maximum Gasteiger partial charge on any atom is 0.262 e. The van der Waals surface area contributed by atoms with Crippen molar-refractivity contribution in [1.82, 2.24) is 4.90 Å². The van der Waals surface area contributed by atoms with E-state index in [0.717, 1.165) is 31.9 Å². The Morgan fingerprint density at radius 3 is 2.41 bits per heavy atom. The molecule has 6 nitrogen and oxygen atoms in total. The highest BCUT2D eigenvalue weighted by Gasteiger charge is 2.14. The summed E-state index contributed by atoms with van der Waals surface area (Å²) in [5.41, 5.74) is 2.46. The van der Waals surface area contributed by atoms with E-state index in [1.165, 1.54) is 12.6 Å². The molecule has 1 saturated heterocycles. The number of Topliss-reactive ketones (excluding diaryl/α,β-unsaturated/α-hetero) is 1. The SMILES string of the molecule is CC(=O)c1cccc(OCC(=O)Nc2ccc(N3CCN(C)CC3)cc2)c1. The molecule has 27 heavy (non-hydrogen) atoms. The standard InChI is InChI=1S/C21H25N3O3/c1-16(25)17-4-3-5-20(14-17)27-15-21(26)22-18-6-8-19(9-7-18)24-12-10-23(2)11-13-24/h3-9,14H,10-13,15H2,1-2H3,(H,22,26). The van der Waals surface area contributed by atoms with E-state index in [9.17, 15) is 9.59 Å². The summed E-state index contributed by atoms with van der Waals surface area (Å²) in [5, 5.41) is 2.83. The molecular weight excluding hydrogens is 342 g/mol. The van der Waals surface area contributed by atoms with Crippen LogP contribution in [0.25, 0.3) is 0 Å². The van der Waals surface area contributed by atoms with E-state index in [2.05, 4.69) is 22.2 Å². The number of ether oxygens (including phenoxy) is 1. The summed E-state index contributed by atoms with van der Waals surface area (Å²) in [6.45, 7) is 5.52. The Morgan fingerprint density at radius 2 is 1.74 bits per heavy atom. The van der Waals surface area contributed by atoms with Gasteiger partial charge < -0.3 is 19.9 Å². The van der Waals surface area contributed by atoms with Gasteiger partial charge in [-0.1, -0.05) is 12.1 Å². The molecule has 1 heterocycles. The number of ketones is 1. The molecule has 0 radical (unpaired) electrons. The molecule has 2 aromatic rings. The van der Waals surface area contributed by atoms with E-state index in [0.29, 0.717) is 11.3 Å². The molecule has 1 amide bonds. The minimum Gasteiger partial charge on any atom is -0.484 e. The van der Waals surface area contributed by atoms with Gasteiger partial charge in [-0.3, -0.25) is 9.59 Å². The van der Waals surface area contributed by atoms with Gasteiger partial charge in [0.1, 0.15) is 5.75 Å². The Hall–Kier alpha value is -2.86. The van der Waals surface area contributed by atoms with Crippen LogP contribution in [0.1, 0.15) is 17.3 Å². The summed E-state index contributed by atoms with van der Waals surface area (Å²) < 4.78 is 5.48. The third kappa shape index (κ3) is 5.31. The number of likely N-dealkylation sites (N-methyl/N-ethyl adjacent to an activating group) is 1. The van der Waals surface area contributed by atoms with Crippen LogP contribution < -0.4 is 15.0 Å². The lowest BCUT2D eigenvalue weighted by Crippen LogP contribution is -2.44. The van der Waals surface area contributed by atoms with Crippen molar-refractivity contribution in [1.29, 1.82) is 0 Å². The molecule has 0 aromatic heterocycles. The fourth-order valence-electron chi connectivity index (χ4n) is 2.97. The van der Waals surface area contributed by atoms with E-state index in [4.69, 9.17) is 4.74 Å². The van der Waals surface area contributed by atoms with E-state index in [-0.39, 0.29) is 18.3 Å². The van der Waals surface area contributed by atoms with Gasteiger partial charge in [-0.05, 0) is 50.4 Å². The Labute approximate surface area is 159 Å². The maximum absolute atomic E-state index is 12.1. The fourth-order valence-corrected chi connectivity index (χ4v) is 2.97. The third-order valence-electron chi connectivity index (χ3n) is 4.63. The first-order chi connectivity index (χ1) is 13.0. The van der Waals surface area contributed by atoms with Gasteiger partial charge in [0.15, 0.2) is 12.4 Å². The molecule has 3 rings (SSSR count). The number of carbonyl (C=O) groups is 2. The van der Waals surface area contributed by atoms with E-state index in [1.807, 2.05) is 24.3 Å². The number of anilines is 2. The Balaban J connectivity index is 1.50. The Morgan fingerprint density at radius 1 is 1.04 bits per heavy atom. The summed E-state index contributed by atoms with van der Waals surface area (Å²) in [7, 11) is 2.13. The molecule has 1 aliphatic rings. The highest BCUT2D eigenvalue weighted by molar-refractivity contribution is 5.94. The van der Waals surface area contributed by atoms with E-state index >= 15 is 0 Å². The highest BCUT2D eigenvalue weighted by Crippen LogP contribution is 2.19. The van der Waals surface area contributed by atoms with Crippen molar-refractivity contribution in [2.75, 3.05) is 50.1 Å². The predicted molar refractivity (Wildman–Crippen MR) is 107 cm³/mol. The quantitative estimate of drug-likeness (QED) is 0.796. The fraction of sp³-hybridized carbons (Fsp3) is 0.333. The monoisotopic (exact) mass is 367 g/mol. The minimum absolute atomic E-state index is 0.0367. The maximum atomic E-state index is 12.1. The van der Waals surface area contributed by atoms with Crippen molar-refractivity contribution >= 4 is 23.1 Å². The number of benzene rings is 2. The number of amides is 1. The van der Waals surface area contributed by atoms with Crippen LogP contribution in [0, 0.1) is 0 Å². The average molecular weight is 367 g/mol. The van der Waals surface area contributed by atoms with Crippen molar-refractivity contribution in [2.24, 2.45) is 0 Å². The largest absolute Gasteiger partial charge is 0.484 e. The second-order valence-electron chi connectivity index (χ2n) is 6.76. The lowest BCUT2D eigenvalue weighted by molar-refractivity contribution is -0.118. The third-order valence-corrected chi connectivity index (χ3v) is 4.63. The van der Waals surface area contributed by atoms with Gasteiger partial charge in [0.2, 0.25) is 0 Å². The van der Waals surface area contributed by atoms with Crippen LogP contribution in [0.5, 0.6) is 5.75 Å². The molecule has 0 aliphatic carbocycles. The van der Waals surface area contributed by atoms with Crippen molar-refractivity contribution in [3.05, 3.63) is 54.1 Å². The van der Waals surface area contributed by atoms with Gasteiger partial charge in [-0.25, -0.2) is 0 Å². The summed E-state index contributed by atoms with van der Waals surface area (Å²) in [5.74, 6) is 0.226. The van der Waals surface area contributed by atoms with Crippen LogP contribution >= 0.6 is 0 Å². The van der Waals surface area contributed by atoms with Gasteiger partial charge in [0, 0.05) is 43.1 Å².